The summed E-state index contributed by atoms with van der Waals surface area (Å²) in [5, 5.41) is 4.00. The number of nitrogens with one attached hydrogen (secondary N) is 2. The number of benzene rings is 2. The van der Waals surface area contributed by atoms with Crippen molar-refractivity contribution in [3.8, 4) is 0 Å². The second-order valence-electron chi connectivity index (χ2n) is 7.74. The summed E-state index contributed by atoms with van der Waals surface area (Å²) in [7, 11) is 1.63. The lowest BCUT2D eigenvalue weighted by Gasteiger charge is -2.18. The second-order valence-corrected chi connectivity index (χ2v) is 8.13. The van der Waals surface area contributed by atoms with E-state index in [-0.39, 0.29) is 17.5 Å². The van der Waals surface area contributed by atoms with Crippen molar-refractivity contribution in [2.75, 3.05) is 32.1 Å². The van der Waals surface area contributed by atoms with E-state index in [4.69, 9.17) is 17.0 Å². The van der Waals surface area contributed by atoms with Crippen LogP contribution in [0.5, 0.6) is 0 Å². The third kappa shape index (κ3) is 4.70. The van der Waals surface area contributed by atoms with Crippen LogP contribution in [0.4, 0.5) is 5.69 Å². The van der Waals surface area contributed by atoms with Gasteiger partial charge in [-0.3, -0.25) is 14.2 Å². The maximum Gasteiger partial charge on any atom is 0.262 e. The molecule has 0 aliphatic carbocycles. The van der Waals surface area contributed by atoms with Crippen LogP contribution in [-0.2, 0) is 11.3 Å². The topological polar surface area (TPSA) is 79.4 Å². The molecule has 1 aliphatic rings. The minimum Gasteiger partial charge on any atom is -0.385 e. The molecule has 1 atom stereocenters. The number of para-hydroxylation sites is 1. The average Bonchev–Trinajstić information content (AvgIpc) is 3.24. The van der Waals surface area contributed by atoms with Gasteiger partial charge in [-0.15, -0.1) is 0 Å². The lowest BCUT2D eigenvalue weighted by atomic mass is 10.1. The first kappa shape index (κ1) is 21.3. The molecule has 1 unspecified atom stereocenters. The molecule has 3 aromatic rings. The number of carbonyl (C=O) groups is 1. The number of H-pyrrole nitrogens is 1. The van der Waals surface area contributed by atoms with E-state index in [2.05, 4.69) is 10.3 Å². The molecule has 162 valence electrons. The summed E-state index contributed by atoms with van der Waals surface area (Å²) >= 11 is 5.37. The number of ether oxygens (including phenoxy) is 1. The Hall–Kier alpha value is -2.97. The van der Waals surface area contributed by atoms with Gasteiger partial charge in [-0.2, -0.15) is 0 Å². The number of fused-ring (bicyclic) bond motifs is 1. The average molecular weight is 439 g/mol. The fraction of sp³-hybridized carbons (Fsp3) is 0.348. The Labute approximate surface area is 185 Å². The van der Waals surface area contributed by atoms with E-state index in [1.54, 1.807) is 29.9 Å². The van der Waals surface area contributed by atoms with E-state index in [9.17, 15) is 9.59 Å². The lowest BCUT2D eigenvalue weighted by molar-refractivity contribution is 0.0791. The fourth-order valence-corrected chi connectivity index (χ4v) is 4.26. The maximum absolute atomic E-state index is 13.1. The summed E-state index contributed by atoms with van der Waals surface area (Å²) in [6.07, 6.45) is 1.59. The number of hydrogen-bond donors (Lipinski definition) is 2. The van der Waals surface area contributed by atoms with Crippen LogP contribution in [0.3, 0.4) is 0 Å². The third-order valence-corrected chi connectivity index (χ3v) is 5.90. The van der Waals surface area contributed by atoms with Crippen LogP contribution < -0.4 is 10.9 Å². The van der Waals surface area contributed by atoms with Gasteiger partial charge in [0.15, 0.2) is 4.77 Å². The number of amides is 1. The summed E-state index contributed by atoms with van der Waals surface area (Å²) in [4.78, 5) is 30.8. The molecule has 2 N–H and O–H groups in total. The highest BCUT2D eigenvalue weighted by atomic mass is 32.1. The minimum atomic E-state index is -0.151. The van der Waals surface area contributed by atoms with Crippen molar-refractivity contribution in [1.29, 1.82) is 0 Å². The molecule has 0 radical (unpaired) electrons. The second kappa shape index (κ2) is 9.45. The molecule has 8 heteroatoms. The van der Waals surface area contributed by atoms with Gasteiger partial charge in [0.25, 0.3) is 11.5 Å². The van der Waals surface area contributed by atoms with Gasteiger partial charge in [-0.25, -0.2) is 0 Å². The smallest absolute Gasteiger partial charge is 0.262 e. The lowest BCUT2D eigenvalue weighted by Crippen LogP contribution is -2.31. The number of rotatable bonds is 7. The van der Waals surface area contributed by atoms with Crippen LogP contribution in [0.2, 0.25) is 0 Å². The van der Waals surface area contributed by atoms with Gasteiger partial charge in [0, 0.05) is 50.6 Å². The molecule has 1 aliphatic heterocycles. The Morgan fingerprint density at radius 1 is 1.26 bits per heavy atom. The van der Waals surface area contributed by atoms with E-state index >= 15 is 0 Å². The van der Waals surface area contributed by atoms with Crippen LogP contribution in [-0.4, -0.2) is 53.2 Å². The largest absolute Gasteiger partial charge is 0.385 e. The van der Waals surface area contributed by atoms with E-state index < -0.39 is 0 Å². The first-order chi connectivity index (χ1) is 15.1. The molecule has 1 fully saturated rings. The molecule has 0 bridgehead atoms. The Balaban J connectivity index is 1.50. The number of aromatic nitrogens is 2. The first-order valence-corrected chi connectivity index (χ1v) is 10.8. The molecule has 4 rings (SSSR count). The summed E-state index contributed by atoms with van der Waals surface area (Å²) < 4.78 is 6.95. The Kier molecular flexibility index (Phi) is 6.48. The third-order valence-electron chi connectivity index (χ3n) is 5.58. The molecule has 7 nitrogen and oxygen atoms in total. The summed E-state index contributed by atoms with van der Waals surface area (Å²) in [5.41, 5.74) is 2.04. The molecular weight excluding hydrogens is 412 g/mol. The van der Waals surface area contributed by atoms with E-state index in [0.717, 1.165) is 12.1 Å². The van der Waals surface area contributed by atoms with Crippen LogP contribution >= 0.6 is 12.2 Å². The van der Waals surface area contributed by atoms with Gasteiger partial charge in [0.05, 0.1) is 10.9 Å². The quantitative estimate of drug-likeness (QED) is 0.437. The van der Waals surface area contributed by atoms with Crippen molar-refractivity contribution in [1.82, 2.24) is 14.5 Å². The minimum absolute atomic E-state index is 0.0390. The molecular formula is C23H26N4O3S. The summed E-state index contributed by atoms with van der Waals surface area (Å²) in [5.74, 6) is -0.0390. The number of carbonyl (C=O) groups excluding carboxylic acids is 1. The van der Waals surface area contributed by atoms with Crippen molar-refractivity contribution in [3.05, 3.63) is 69.2 Å². The highest BCUT2D eigenvalue weighted by molar-refractivity contribution is 7.71. The van der Waals surface area contributed by atoms with Crippen LogP contribution in [0, 0.1) is 4.77 Å². The van der Waals surface area contributed by atoms with Gasteiger partial charge in [-0.1, -0.05) is 18.2 Å². The molecule has 1 amide bonds. The number of aromatic amines is 1. The van der Waals surface area contributed by atoms with Crippen molar-refractivity contribution < 1.29 is 9.53 Å². The van der Waals surface area contributed by atoms with E-state index in [1.165, 1.54) is 0 Å². The summed E-state index contributed by atoms with van der Waals surface area (Å²) in [6, 6.07) is 15.4. The van der Waals surface area contributed by atoms with Gasteiger partial charge in [0.1, 0.15) is 0 Å². The van der Waals surface area contributed by atoms with Gasteiger partial charge < -0.3 is 19.9 Å². The van der Waals surface area contributed by atoms with E-state index in [0.29, 0.717) is 53.9 Å². The van der Waals surface area contributed by atoms with Crippen LogP contribution in [0.15, 0.2) is 53.3 Å². The van der Waals surface area contributed by atoms with Crippen LogP contribution in [0.1, 0.15) is 23.2 Å². The zero-order chi connectivity index (χ0) is 21.8. The van der Waals surface area contributed by atoms with Crippen molar-refractivity contribution >= 4 is 34.7 Å². The molecule has 31 heavy (non-hydrogen) atoms. The zero-order valence-electron chi connectivity index (χ0n) is 17.5. The number of hydrogen-bond acceptors (Lipinski definition) is 5. The highest BCUT2D eigenvalue weighted by Crippen LogP contribution is 2.19. The van der Waals surface area contributed by atoms with Gasteiger partial charge >= 0.3 is 0 Å². The standard InChI is InChI=1S/C23H26N4O3S/c1-30-13-5-11-27-22(29)19-9-8-16(14-20(19)25-23(27)31)21(28)26-12-10-18(15-26)24-17-6-3-2-4-7-17/h2-4,6-9,14,18,24H,5,10-13,15H2,1H3,(H,25,31). The van der Waals surface area contributed by atoms with Crippen molar-refractivity contribution in [2.45, 2.75) is 25.4 Å². The molecule has 0 spiro atoms. The first-order valence-electron chi connectivity index (χ1n) is 10.4. The number of methoxy groups -OCH3 is 1. The highest BCUT2D eigenvalue weighted by Gasteiger charge is 2.27. The molecule has 1 saturated heterocycles. The fourth-order valence-electron chi connectivity index (χ4n) is 3.97. The molecule has 2 aromatic carbocycles. The molecule has 0 saturated carbocycles. The van der Waals surface area contributed by atoms with E-state index in [1.807, 2.05) is 35.2 Å². The van der Waals surface area contributed by atoms with Gasteiger partial charge in [0.2, 0.25) is 0 Å². The normalized spacial score (nSPS) is 16.0. The Bertz CT molecular complexity index is 1190. The predicted molar refractivity (Wildman–Crippen MR) is 124 cm³/mol. The SMILES string of the molecule is COCCCn1c(=S)[nH]c2cc(C(=O)N3CCC(Nc4ccccc4)C3)ccc2c1=O. The van der Waals surface area contributed by atoms with Crippen molar-refractivity contribution in [3.63, 3.8) is 0 Å². The molecule has 2 heterocycles. The maximum atomic E-state index is 13.1. The number of nitrogens with zero attached hydrogens (tertiary/aromatic N) is 2. The zero-order valence-corrected chi connectivity index (χ0v) is 18.3. The predicted octanol–water partition coefficient (Wildman–Crippen LogP) is 3.42. The number of anilines is 1. The van der Waals surface area contributed by atoms with Crippen molar-refractivity contribution in [2.24, 2.45) is 0 Å². The Morgan fingerprint density at radius 2 is 2.06 bits per heavy atom. The van der Waals surface area contributed by atoms with Crippen LogP contribution in [0.25, 0.3) is 10.9 Å². The number of likely N-dealkylation sites (tertiary alicyclic amines) is 1. The Morgan fingerprint density at radius 3 is 2.84 bits per heavy atom. The summed E-state index contributed by atoms with van der Waals surface area (Å²) in [6.45, 7) is 2.38. The molecule has 1 aromatic heterocycles. The monoisotopic (exact) mass is 438 g/mol. The van der Waals surface area contributed by atoms with Gasteiger partial charge in [-0.05, 0) is 55.4 Å².